The van der Waals surface area contributed by atoms with Crippen molar-refractivity contribution in [1.29, 1.82) is 0 Å². The number of likely N-dealkylation sites (N-methyl/N-ethyl adjacent to an activating group) is 1. The smallest absolute Gasteiger partial charge is 0.248 e. The van der Waals surface area contributed by atoms with Gasteiger partial charge in [0.25, 0.3) is 0 Å². The minimum atomic E-state index is 0.0643. The molecule has 2 fully saturated rings. The lowest BCUT2D eigenvalue weighted by atomic mass is 10.0. The van der Waals surface area contributed by atoms with Crippen LogP contribution < -0.4 is 5.32 Å². The maximum atomic E-state index is 12.1. The second kappa shape index (κ2) is 8.64. The molecule has 1 N–H and O–H groups in total. The van der Waals surface area contributed by atoms with Crippen LogP contribution in [0.1, 0.15) is 39.5 Å². The summed E-state index contributed by atoms with van der Waals surface area (Å²) in [6.45, 7) is 6.81. The number of piperidine rings is 1. The van der Waals surface area contributed by atoms with Crippen LogP contribution in [0.15, 0.2) is 0 Å². The first-order valence-electron chi connectivity index (χ1n) is 8.81. The number of amides is 2. The van der Waals surface area contributed by atoms with E-state index in [1.165, 1.54) is 12.8 Å². The Labute approximate surface area is 139 Å². The molecule has 2 aliphatic rings. The van der Waals surface area contributed by atoms with Crippen molar-refractivity contribution in [3.05, 3.63) is 0 Å². The fourth-order valence-corrected chi connectivity index (χ4v) is 2.97. The molecule has 0 aromatic carbocycles. The van der Waals surface area contributed by atoms with E-state index in [0.29, 0.717) is 18.5 Å². The van der Waals surface area contributed by atoms with Gasteiger partial charge in [-0.15, -0.1) is 0 Å². The number of ether oxygens (including phenoxy) is 1. The minimum absolute atomic E-state index is 0.0643. The molecule has 1 saturated heterocycles. The number of nitrogens with zero attached hydrogens (tertiary/aromatic N) is 2. The van der Waals surface area contributed by atoms with E-state index in [0.717, 1.165) is 32.5 Å². The highest BCUT2D eigenvalue weighted by molar-refractivity contribution is 5.78. The molecule has 2 rings (SSSR count). The van der Waals surface area contributed by atoms with Gasteiger partial charge in [0.2, 0.25) is 11.8 Å². The molecule has 1 heterocycles. The third-order valence-electron chi connectivity index (χ3n) is 4.56. The lowest BCUT2D eigenvalue weighted by Gasteiger charge is -2.36. The Balaban J connectivity index is 1.63. The SMILES string of the molecule is CC(C)NC(=O)CN(C)C1CCN(C(=O)COCC2CC2)CC1. The van der Waals surface area contributed by atoms with E-state index < -0.39 is 0 Å². The first-order chi connectivity index (χ1) is 11.0. The van der Waals surface area contributed by atoms with Gasteiger partial charge in [-0.1, -0.05) is 0 Å². The van der Waals surface area contributed by atoms with Crippen LogP contribution in [0.5, 0.6) is 0 Å². The van der Waals surface area contributed by atoms with Gasteiger partial charge in [-0.05, 0) is 52.5 Å². The van der Waals surface area contributed by atoms with Crippen LogP contribution in [-0.2, 0) is 14.3 Å². The van der Waals surface area contributed by atoms with E-state index in [1.807, 2.05) is 25.8 Å². The molecule has 6 heteroatoms. The first kappa shape index (κ1) is 18.2. The number of likely N-dealkylation sites (tertiary alicyclic amines) is 1. The number of hydrogen-bond acceptors (Lipinski definition) is 4. The highest BCUT2D eigenvalue weighted by Gasteiger charge is 2.27. The molecule has 1 saturated carbocycles. The Morgan fingerprint density at radius 2 is 1.87 bits per heavy atom. The third kappa shape index (κ3) is 6.47. The largest absolute Gasteiger partial charge is 0.371 e. The molecule has 0 aromatic heterocycles. The highest BCUT2D eigenvalue weighted by Crippen LogP contribution is 2.28. The number of hydrogen-bond donors (Lipinski definition) is 1. The Bertz CT molecular complexity index is 402. The van der Waals surface area contributed by atoms with Gasteiger partial charge in [-0.3, -0.25) is 14.5 Å². The van der Waals surface area contributed by atoms with Gasteiger partial charge in [0, 0.05) is 25.2 Å². The third-order valence-corrected chi connectivity index (χ3v) is 4.56. The molecule has 1 aliphatic carbocycles. The van der Waals surface area contributed by atoms with Crippen LogP contribution >= 0.6 is 0 Å². The molecule has 0 bridgehead atoms. The molecule has 0 radical (unpaired) electrons. The minimum Gasteiger partial charge on any atom is -0.371 e. The molecule has 0 unspecified atom stereocenters. The fraction of sp³-hybridized carbons (Fsp3) is 0.882. The summed E-state index contributed by atoms with van der Waals surface area (Å²) >= 11 is 0. The summed E-state index contributed by atoms with van der Waals surface area (Å²) in [6, 6.07) is 0.537. The number of carbonyl (C=O) groups is 2. The second-order valence-corrected chi connectivity index (χ2v) is 7.21. The molecule has 132 valence electrons. The first-order valence-corrected chi connectivity index (χ1v) is 8.81. The monoisotopic (exact) mass is 325 g/mol. The Hall–Kier alpha value is -1.14. The molecule has 1 aliphatic heterocycles. The van der Waals surface area contributed by atoms with Crippen molar-refractivity contribution in [3.63, 3.8) is 0 Å². The van der Waals surface area contributed by atoms with Crippen LogP contribution in [0, 0.1) is 5.92 Å². The van der Waals surface area contributed by atoms with E-state index in [9.17, 15) is 9.59 Å². The Kier molecular flexibility index (Phi) is 6.84. The van der Waals surface area contributed by atoms with Gasteiger partial charge < -0.3 is 15.0 Å². The van der Waals surface area contributed by atoms with E-state index in [2.05, 4.69) is 10.2 Å². The average Bonchev–Trinajstić information content (AvgIpc) is 3.30. The molecular formula is C17H31N3O3. The van der Waals surface area contributed by atoms with E-state index in [4.69, 9.17) is 4.74 Å². The summed E-state index contributed by atoms with van der Waals surface area (Å²) in [5.74, 6) is 0.859. The van der Waals surface area contributed by atoms with Crippen molar-refractivity contribution in [2.24, 2.45) is 5.92 Å². The van der Waals surface area contributed by atoms with E-state index in [-0.39, 0.29) is 24.5 Å². The van der Waals surface area contributed by atoms with Gasteiger partial charge in [-0.25, -0.2) is 0 Å². The number of carbonyl (C=O) groups excluding carboxylic acids is 2. The number of nitrogens with one attached hydrogen (secondary N) is 1. The van der Waals surface area contributed by atoms with Gasteiger partial charge in [-0.2, -0.15) is 0 Å². The zero-order valence-corrected chi connectivity index (χ0v) is 14.7. The van der Waals surface area contributed by atoms with Crippen molar-refractivity contribution in [3.8, 4) is 0 Å². The van der Waals surface area contributed by atoms with E-state index in [1.54, 1.807) is 0 Å². The standard InChI is InChI=1S/C17H31N3O3/c1-13(2)18-16(21)10-19(3)15-6-8-20(9-7-15)17(22)12-23-11-14-4-5-14/h13-15H,4-12H2,1-3H3,(H,18,21). The van der Waals surface area contributed by atoms with Crippen LogP contribution in [0.25, 0.3) is 0 Å². The zero-order valence-electron chi connectivity index (χ0n) is 14.7. The van der Waals surface area contributed by atoms with Crippen molar-refractivity contribution in [2.45, 2.75) is 51.6 Å². The van der Waals surface area contributed by atoms with E-state index >= 15 is 0 Å². The molecular weight excluding hydrogens is 294 g/mol. The van der Waals surface area contributed by atoms with Gasteiger partial charge in [0.05, 0.1) is 13.2 Å². The van der Waals surface area contributed by atoms with Crippen LogP contribution in [-0.4, -0.2) is 73.6 Å². The lowest BCUT2D eigenvalue weighted by Crippen LogP contribution is -2.49. The summed E-state index contributed by atoms with van der Waals surface area (Å²) in [7, 11) is 1.99. The average molecular weight is 325 g/mol. The second-order valence-electron chi connectivity index (χ2n) is 7.21. The van der Waals surface area contributed by atoms with Gasteiger partial charge >= 0.3 is 0 Å². The molecule has 0 atom stereocenters. The quantitative estimate of drug-likeness (QED) is 0.719. The van der Waals surface area contributed by atoms with Crippen molar-refractivity contribution in [1.82, 2.24) is 15.1 Å². The summed E-state index contributed by atoms with van der Waals surface area (Å²) in [5, 5.41) is 2.92. The topological polar surface area (TPSA) is 61.9 Å². The van der Waals surface area contributed by atoms with Gasteiger partial charge in [0.15, 0.2) is 0 Å². The van der Waals surface area contributed by atoms with Gasteiger partial charge in [0.1, 0.15) is 6.61 Å². The fourth-order valence-electron chi connectivity index (χ4n) is 2.97. The maximum absolute atomic E-state index is 12.1. The van der Waals surface area contributed by atoms with Crippen LogP contribution in [0.2, 0.25) is 0 Å². The van der Waals surface area contributed by atoms with Crippen molar-refractivity contribution in [2.75, 3.05) is 39.9 Å². The summed E-state index contributed by atoms with van der Waals surface area (Å²) in [5.41, 5.74) is 0. The Morgan fingerprint density at radius 3 is 2.43 bits per heavy atom. The molecule has 23 heavy (non-hydrogen) atoms. The van der Waals surface area contributed by atoms with Crippen LogP contribution in [0.4, 0.5) is 0 Å². The summed E-state index contributed by atoms with van der Waals surface area (Å²) < 4.78 is 5.48. The van der Waals surface area contributed by atoms with Crippen molar-refractivity contribution >= 4 is 11.8 Å². The predicted octanol–water partition coefficient (Wildman–Crippen LogP) is 0.860. The van der Waals surface area contributed by atoms with Crippen molar-refractivity contribution < 1.29 is 14.3 Å². The van der Waals surface area contributed by atoms with Crippen LogP contribution in [0.3, 0.4) is 0 Å². The Morgan fingerprint density at radius 1 is 1.22 bits per heavy atom. The highest BCUT2D eigenvalue weighted by atomic mass is 16.5. The predicted molar refractivity (Wildman–Crippen MR) is 89.1 cm³/mol. The molecule has 6 nitrogen and oxygen atoms in total. The molecule has 2 amide bonds. The zero-order chi connectivity index (χ0) is 16.8. The summed E-state index contributed by atoms with van der Waals surface area (Å²) in [6.07, 6.45) is 4.33. The number of rotatable bonds is 8. The summed E-state index contributed by atoms with van der Waals surface area (Å²) in [4.78, 5) is 27.9. The normalized spacial score (nSPS) is 19.4. The maximum Gasteiger partial charge on any atom is 0.248 e. The molecule has 0 spiro atoms. The lowest BCUT2D eigenvalue weighted by molar-refractivity contribution is -0.138. The molecule has 0 aromatic rings.